The Bertz CT molecular complexity index is 530. The number of rotatable bonds is 6. The topological polar surface area (TPSA) is 50.8 Å². The molecule has 1 aromatic carbocycles. The van der Waals surface area contributed by atoms with Gasteiger partial charge in [-0.15, -0.1) is 0 Å². The van der Waals surface area contributed by atoms with Crippen molar-refractivity contribution in [2.75, 3.05) is 33.9 Å². The van der Waals surface area contributed by atoms with E-state index in [1.54, 1.807) is 24.1 Å². The van der Waals surface area contributed by atoms with Crippen LogP contribution in [0.2, 0.25) is 0 Å². The molecule has 1 aromatic rings. The van der Waals surface area contributed by atoms with Crippen LogP contribution >= 0.6 is 15.9 Å². The second-order valence-electron chi connectivity index (χ2n) is 5.40. The van der Waals surface area contributed by atoms with Crippen LogP contribution in [-0.2, 0) is 0 Å². The molecule has 1 atom stereocenters. The zero-order valence-electron chi connectivity index (χ0n) is 13.3. The normalized spacial score (nSPS) is 17.4. The number of benzene rings is 1. The van der Waals surface area contributed by atoms with E-state index in [1.165, 1.54) is 0 Å². The maximum atomic E-state index is 12.7. The highest BCUT2D eigenvalue weighted by molar-refractivity contribution is 9.10. The average Bonchev–Trinajstić information content (AvgIpc) is 3.06. The first-order valence-corrected chi connectivity index (χ1v) is 8.36. The molecule has 1 aliphatic rings. The number of halogens is 1. The molecule has 6 heteroatoms. The molecule has 2 rings (SSSR count). The van der Waals surface area contributed by atoms with Gasteiger partial charge < -0.3 is 19.7 Å². The summed E-state index contributed by atoms with van der Waals surface area (Å²) in [6.07, 6.45) is 1.89. The lowest BCUT2D eigenvalue weighted by molar-refractivity contribution is 0.0743. The molecular weight excluding hydrogens is 348 g/mol. The number of hydrogen-bond acceptors (Lipinski definition) is 4. The van der Waals surface area contributed by atoms with Crippen LogP contribution in [0.5, 0.6) is 11.5 Å². The smallest absolute Gasteiger partial charge is 0.254 e. The number of carbonyl (C=O) groups excluding carboxylic acids is 1. The van der Waals surface area contributed by atoms with Gasteiger partial charge in [0.2, 0.25) is 0 Å². The van der Waals surface area contributed by atoms with E-state index in [1.807, 2.05) is 14.0 Å². The van der Waals surface area contributed by atoms with E-state index in [0.717, 1.165) is 30.4 Å². The van der Waals surface area contributed by atoms with Crippen molar-refractivity contribution in [1.29, 1.82) is 0 Å². The van der Waals surface area contributed by atoms with Crippen molar-refractivity contribution in [2.24, 2.45) is 0 Å². The summed E-state index contributed by atoms with van der Waals surface area (Å²) < 4.78 is 11.8. The van der Waals surface area contributed by atoms with Crippen molar-refractivity contribution < 1.29 is 14.3 Å². The summed E-state index contributed by atoms with van der Waals surface area (Å²) in [4.78, 5) is 14.5. The maximum Gasteiger partial charge on any atom is 0.254 e. The second kappa shape index (κ2) is 7.83. The van der Waals surface area contributed by atoms with E-state index in [2.05, 4.69) is 21.2 Å². The first-order chi connectivity index (χ1) is 10.6. The lowest BCUT2D eigenvalue weighted by Crippen LogP contribution is -2.38. The third-order valence-corrected chi connectivity index (χ3v) is 4.42. The van der Waals surface area contributed by atoms with Crippen LogP contribution in [-0.4, -0.2) is 50.7 Å². The molecule has 1 saturated heterocycles. The molecule has 1 unspecified atom stereocenters. The number of likely N-dealkylation sites (N-methyl/N-ethyl adjacent to an activating group) is 1. The Hall–Kier alpha value is -1.27. The number of hydrogen-bond donors (Lipinski definition) is 1. The van der Waals surface area contributed by atoms with Crippen molar-refractivity contribution in [3.8, 4) is 11.5 Å². The van der Waals surface area contributed by atoms with Gasteiger partial charge in [-0.2, -0.15) is 0 Å². The number of amides is 1. The summed E-state index contributed by atoms with van der Waals surface area (Å²) in [6.45, 7) is 4.45. The average molecular weight is 371 g/mol. The standard InChI is InChI=1S/C16H23BrN2O3/c1-4-7-22-15-13(17)8-11(9-14(15)21-3)16(20)19(2)12-5-6-18-10-12/h8-9,12,18H,4-7,10H2,1-3H3. The van der Waals surface area contributed by atoms with Gasteiger partial charge in [0, 0.05) is 25.2 Å². The molecule has 0 saturated carbocycles. The minimum atomic E-state index is -0.00487. The van der Waals surface area contributed by atoms with Crippen LogP contribution < -0.4 is 14.8 Å². The van der Waals surface area contributed by atoms with Crippen molar-refractivity contribution in [1.82, 2.24) is 10.2 Å². The van der Waals surface area contributed by atoms with Crippen LogP contribution in [0.3, 0.4) is 0 Å². The zero-order chi connectivity index (χ0) is 16.1. The lowest BCUT2D eigenvalue weighted by atomic mass is 10.1. The van der Waals surface area contributed by atoms with Crippen molar-refractivity contribution in [3.63, 3.8) is 0 Å². The molecule has 1 heterocycles. The Morgan fingerprint density at radius 1 is 1.50 bits per heavy atom. The molecule has 1 N–H and O–H groups in total. The first-order valence-electron chi connectivity index (χ1n) is 7.56. The van der Waals surface area contributed by atoms with E-state index >= 15 is 0 Å². The van der Waals surface area contributed by atoms with Gasteiger partial charge >= 0.3 is 0 Å². The van der Waals surface area contributed by atoms with Gasteiger partial charge in [-0.3, -0.25) is 4.79 Å². The van der Waals surface area contributed by atoms with Gasteiger partial charge in [0.1, 0.15) is 0 Å². The number of carbonyl (C=O) groups is 1. The van der Waals surface area contributed by atoms with Gasteiger partial charge in [-0.25, -0.2) is 0 Å². The summed E-state index contributed by atoms with van der Waals surface area (Å²) in [5.41, 5.74) is 0.599. The molecule has 5 nitrogen and oxygen atoms in total. The minimum Gasteiger partial charge on any atom is -0.493 e. The van der Waals surface area contributed by atoms with E-state index in [9.17, 15) is 4.79 Å². The summed E-state index contributed by atoms with van der Waals surface area (Å²) in [7, 11) is 3.43. The molecule has 0 spiro atoms. The van der Waals surface area contributed by atoms with Crippen LogP contribution in [0.1, 0.15) is 30.1 Å². The van der Waals surface area contributed by atoms with Crippen LogP contribution in [0.15, 0.2) is 16.6 Å². The highest BCUT2D eigenvalue weighted by atomic mass is 79.9. The van der Waals surface area contributed by atoms with E-state index in [0.29, 0.717) is 23.7 Å². The molecule has 0 aromatic heterocycles. The van der Waals surface area contributed by atoms with Crippen molar-refractivity contribution in [3.05, 3.63) is 22.2 Å². The van der Waals surface area contributed by atoms with Crippen LogP contribution in [0, 0.1) is 0 Å². The fourth-order valence-electron chi connectivity index (χ4n) is 2.53. The molecule has 0 aliphatic carbocycles. The molecule has 122 valence electrons. The van der Waals surface area contributed by atoms with Gasteiger partial charge in [0.05, 0.1) is 18.2 Å². The third kappa shape index (κ3) is 3.73. The largest absolute Gasteiger partial charge is 0.493 e. The van der Waals surface area contributed by atoms with Gasteiger partial charge in [0.25, 0.3) is 5.91 Å². The van der Waals surface area contributed by atoms with E-state index in [4.69, 9.17) is 9.47 Å². The molecule has 1 aliphatic heterocycles. The predicted octanol–water partition coefficient (Wildman–Crippen LogP) is 2.68. The SMILES string of the molecule is CCCOc1c(Br)cc(C(=O)N(C)C2CCNC2)cc1OC. The van der Waals surface area contributed by atoms with Crippen molar-refractivity contribution in [2.45, 2.75) is 25.8 Å². The quantitative estimate of drug-likeness (QED) is 0.836. The number of methoxy groups -OCH3 is 1. The van der Waals surface area contributed by atoms with E-state index < -0.39 is 0 Å². The predicted molar refractivity (Wildman–Crippen MR) is 89.8 cm³/mol. The third-order valence-electron chi connectivity index (χ3n) is 3.83. The minimum absolute atomic E-state index is 0.00487. The summed E-state index contributed by atoms with van der Waals surface area (Å²) in [5, 5.41) is 3.28. The fraction of sp³-hybridized carbons (Fsp3) is 0.562. The van der Waals surface area contributed by atoms with Gasteiger partial charge in [-0.1, -0.05) is 6.92 Å². The number of ether oxygens (including phenoxy) is 2. The van der Waals surface area contributed by atoms with Gasteiger partial charge in [-0.05, 0) is 47.4 Å². The summed E-state index contributed by atoms with van der Waals surface area (Å²) in [6, 6.07) is 3.79. The monoisotopic (exact) mass is 370 g/mol. The molecule has 1 amide bonds. The molecule has 0 radical (unpaired) electrons. The Morgan fingerprint density at radius 2 is 2.27 bits per heavy atom. The Morgan fingerprint density at radius 3 is 2.86 bits per heavy atom. The Labute approximate surface area is 140 Å². The highest BCUT2D eigenvalue weighted by Crippen LogP contribution is 2.37. The molecule has 1 fully saturated rings. The highest BCUT2D eigenvalue weighted by Gasteiger charge is 2.25. The molecule has 22 heavy (non-hydrogen) atoms. The Kier molecular flexibility index (Phi) is 6.08. The summed E-state index contributed by atoms with van der Waals surface area (Å²) >= 11 is 3.48. The fourth-order valence-corrected chi connectivity index (χ4v) is 3.08. The molecular formula is C16H23BrN2O3. The first kappa shape index (κ1) is 17.1. The number of nitrogens with one attached hydrogen (secondary N) is 1. The number of nitrogens with zero attached hydrogens (tertiary/aromatic N) is 1. The Balaban J connectivity index is 2.23. The lowest BCUT2D eigenvalue weighted by Gasteiger charge is -2.24. The maximum absolute atomic E-state index is 12.7. The summed E-state index contributed by atoms with van der Waals surface area (Å²) in [5.74, 6) is 1.21. The van der Waals surface area contributed by atoms with E-state index in [-0.39, 0.29) is 11.9 Å². The molecule has 0 bridgehead atoms. The van der Waals surface area contributed by atoms with Crippen molar-refractivity contribution >= 4 is 21.8 Å². The second-order valence-corrected chi connectivity index (χ2v) is 6.25. The van der Waals surface area contributed by atoms with Crippen LogP contribution in [0.4, 0.5) is 0 Å². The zero-order valence-corrected chi connectivity index (χ0v) is 14.9. The van der Waals surface area contributed by atoms with Crippen LogP contribution in [0.25, 0.3) is 0 Å². The van der Waals surface area contributed by atoms with Gasteiger partial charge in [0.15, 0.2) is 11.5 Å².